The van der Waals surface area contributed by atoms with Gasteiger partial charge in [0.05, 0.1) is 32.5 Å². The molecule has 0 spiro atoms. The van der Waals surface area contributed by atoms with Crippen LogP contribution in [0.15, 0.2) is 0 Å². The quantitative estimate of drug-likeness (QED) is 0.509. The Kier molecular flexibility index (Phi) is 8.59. The van der Waals surface area contributed by atoms with Crippen molar-refractivity contribution >= 4 is 20.0 Å². The number of aliphatic hydroxyl groups excluding tert-OH is 2. The molecule has 2 unspecified atom stereocenters. The predicted molar refractivity (Wildman–Crippen MR) is 80.7 cm³/mol. The fourth-order valence-corrected chi connectivity index (χ4v) is 4.53. The lowest BCUT2D eigenvalue weighted by Crippen LogP contribution is -2.50. The van der Waals surface area contributed by atoms with Gasteiger partial charge in [0.2, 0.25) is 10.0 Å². The second-order valence-electron chi connectivity index (χ2n) is 5.76. The smallest absolute Gasteiger partial charge is 0.396 e. The molecule has 1 heterocycles. The number of hydrogen-bond donors (Lipinski definition) is 3. The van der Waals surface area contributed by atoms with Crippen molar-refractivity contribution in [3.8, 4) is 0 Å². The molecule has 1 aliphatic rings. The summed E-state index contributed by atoms with van der Waals surface area (Å²) in [6.45, 7) is 2.54. The summed E-state index contributed by atoms with van der Waals surface area (Å²) in [6, 6.07) is 0.571. The molecule has 1 rings (SSSR count). The maximum atomic E-state index is 11.4. The third-order valence-electron chi connectivity index (χ3n) is 3.73. The molecule has 0 bridgehead atoms. The Bertz CT molecular complexity index is 593. The van der Waals surface area contributed by atoms with E-state index in [9.17, 15) is 30.0 Å². The summed E-state index contributed by atoms with van der Waals surface area (Å²) in [5.41, 5.74) is -5.62. The van der Waals surface area contributed by atoms with E-state index in [1.807, 2.05) is 0 Å². The van der Waals surface area contributed by atoms with Gasteiger partial charge < -0.3 is 14.7 Å². The normalized spacial score (nSPS) is 25.2. The molecule has 13 heteroatoms. The maximum Gasteiger partial charge on any atom is 0.512 e. The zero-order valence-corrected chi connectivity index (χ0v) is 15.1. The largest absolute Gasteiger partial charge is 0.512 e. The zero-order valence-electron chi connectivity index (χ0n) is 13.5. The Morgan fingerprint density at radius 2 is 1.71 bits per heavy atom. The number of rotatable bonds is 6. The third kappa shape index (κ3) is 7.61. The summed E-state index contributed by atoms with van der Waals surface area (Å²) < 4.78 is 76.1. The van der Waals surface area contributed by atoms with Crippen LogP contribution in [0.1, 0.15) is 19.3 Å². The fourth-order valence-electron chi connectivity index (χ4n) is 2.56. The van der Waals surface area contributed by atoms with Crippen molar-refractivity contribution in [1.29, 1.82) is 0 Å². The molecule has 24 heavy (non-hydrogen) atoms. The summed E-state index contributed by atoms with van der Waals surface area (Å²) in [5.74, 6) is 0. The lowest BCUT2D eigenvalue weighted by Gasteiger charge is -2.35. The lowest BCUT2D eigenvalue weighted by atomic mass is 10.1. The average Bonchev–Trinajstić information content (AvgIpc) is 2.68. The van der Waals surface area contributed by atoms with Crippen LogP contribution in [-0.2, 0) is 20.0 Å². The van der Waals surface area contributed by atoms with Crippen LogP contribution in [0.4, 0.5) is 13.2 Å². The highest BCUT2D eigenvalue weighted by Crippen LogP contribution is 2.26. The van der Waals surface area contributed by atoms with Gasteiger partial charge in [-0.15, -0.1) is 4.13 Å². The van der Waals surface area contributed by atoms with E-state index in [4.69, 9.17) is 10.2 Å². The number of alkyl halides is 3. The molecular formula is C11H24F3N2O6S2+. The molecule has 8 nitrogen and oxygen atoms in total. The molecule has 0 aromatic carbocycles. The van der Waals surface area contributed by atoms with Crippen molar-refractivity contribution in [3.05, 3.63) is 0 Å². The highest BCUT2D eigenvalue weighted by molar-refractivity contribution is 8.04. The van der Waals surface area contributed by atoms with Gasteiger partial charge in [-0.3, -0.25) is 0 Å². The Morgan fingerprint density at radius 3 is 2.04 bits per heavy atom. The molecule has 0 amide bonds. The molecule has 1 aliphatic heterocycles. The van der Waals surface area contributed by atoms with E-state index in [0.29, 0.717) is 16.4 Å². The molecule has 0 aliphatic carbocycles. The molecule has 2 atom stereocenters. The minimum absolute atomic E-state index is 0.262. The molecule has 1 saturated heterocycles. The van der Waals surface area contributed by atoms with Crippen LogP contribution in [0.25, 0.3) is 0 Å². The Balaban J connectivity index is 0.000000441. The van der Waals surface area contributed by atoms with Crippen LogP contribution >= 0.6 is 0 Å². The molecule has 0 saturated carbocycles. The first-order chi connectivity index (χ1) is 10.7. The minimum Gasteiger partial charge on any atom is -0.396 e. The number of nitrogens with zero attached hydrogens (tertiary/aromatic N) is 1. The highest BCUT2D eigenvalue weighted by Gasteiger charge is 2.47. The number of likely N-dealkylation sites (tertiary alicyclic amines) is 1. The van der Waals surface area contributed by atoms with Gasteiger partial charge in [-0.2, -0.15) is 13.2 Å². The first kappa shape index (κ1) is 23.5. The van der Waals surface area contributed by atoms with Gasteiger partial charge in [0.15, 0.2) is 0 Å². The number of halogens is 3. The lowest BCUT2D eigenvalue weighted by molar-refractivity contribution is -0.921. The van der Waals surface area contributed by atoms with Crippen LogP contribution in [0.3, 0.4) is 0 Å². The van der Waals surface area contributed by atoms with Gasteiger partial charge in [-0.25, -0.2) is 16.8 Å². The predicted octanol–water partition coefficient (Wildman–Crippen LogP) is -0.645. The summed E-state index contributed by atoms with van der Waals surface area (Å²) >= 11 is 0. The van der Waals surface area contributed by atoms with Crippen LogP contribution < -0.4 is 4.13 Å². The first-order valence-corrected chi connectivity index (χ1v) is 10.4. The number of sulfonamides is 2. The molecule has 0 aromatic rings. The molecule has 3 N–H and O–H groups in total. The fraction of sp³-hybridized carbons (Fsp3) is 1.00. The van der Waals surface area contributed by atoms with E-state index in [2.05, 4.69) is 7.05 Å². The number of aliphatic hydroxyl groups is 2. The molecule has 1 fully saturated rings. The van der Waals surface area contributed by atoms with Crippen LogP contribution in [0.5, 0.6) is 0 Å². The number of likely N-dealkylation sites (N-methyl/N-ethyl adjacent to an activating group) is 1. The van der Waals surface area contributed by atoms with E-state index in [0.717, 1.165) is 24.0 Å². The minimum atomic E-state index is -5.79. The van der Waals surface area contributed by atoms with Gasteiger partial charge in [0.1, 0.15) is 6.54 Å². The van der Waals surface area contributed by atoms with Crippen molar-refractivity contribution in [3.63, 3.8) is 0 Å². The number of hydrogen-bond acceptors (Lipinski definition) is 6. The molecule has 146 valence electrons. The van der Waals surface area contributed by atoms with E-state index >= 15 is 0 Å². The van der Waals surface area contributed by atoms with E-state index in [1.165, 1.54) is 12.8 Å². The second kappa shape index (κ2) is 8.76. The van der Waals surface area contributed by atoms with Crippen LogP contribution in [-0.4, -0.2) is 82.7 Å². The topological polar surface area (TPSA) is 121 Å². The van der Waals surface area contributed by atoms with E-state index in [1.54, 1.807) is 0 Å². The van der Waals surface area contributed by atoms with Crippen molar-refractivity contribution in [2.24, 2.45) is 0 Å². The van der Waals surface area contributed by atoms with E-state index < -0.39 is 25.6 Å². The Labute approximate surface area is 140 Å². The van der Waals surface area contributed by atoms with Gasteiger partial charge >= 0.3 is 15.5 Å². The van der Waals surface area contributed by atoms with Gasteiger partial charge in [-0.05, 0) is 0 Å². The summed E-state index contributed by atoms with van der Waals surface area (Å²) in [4.78, 5) is 0. The second-order valence-corrected chi connectivity index (χ2v) is 9.44. The van der Waals surface area contributed by atoms with Crippen molar-refractivity contribution < 1.29 is 44.7 Å². The standard InChI is InChI=1S/C9H20NO2.C2H4F3NO4S2/c1-10(6-8-12)5-2-3-9(10)4-7-11;1-11(7,8)6-12(9,10)2(3,4)5/h9,11-12H,2-8H2,1H3;6H,1H3/q+1;. The summed E-state index contributed by atoms with van der Waals surface area (Å²) in [7, 11) is -8.03. The monoisotopic (exact) mass is 401 g/mol. The van der Waals surface area contributed by atoms with Crippen molar-refractivity contribution in [1.82, 2.24) is 4.13 Å². The van der Waals surface area contributed by atoms with Gasteiger partial charge in [-0.1, -0.05) is 0 Å². The average molecular weight is 401 g/mol. The Morgan fingerprint density at radius 1 is 1.17 bits per heavy atom. The molecule has 0 aromatic heterocycles. The van der Waals surface area contributed by atoms with Crippen LogP contribution in [0, 0.1) is 0 Å². The number of nitrogens with one attached hydrogen (secondary N) is 1. The van der Waals surface area contributed by atoms with Gasteiger partial charge in [0, 0.05) is 25.9 Å². The Hall–Kier alpha value is -0.470. The van der Waals surface area contributed by atoms with Crippen molar-refractivity contribution in [2.75, 3.05) is 39.6 Å². The molecular weight excluding hydrogens is 377 g/mol. The van der Waals surface area contributed by atoms with Gasteiger partial charge in [0.25, 0.3) is 0 Å². The summed E-state index contributed by atoms with van der Waals surface area (Å²) in [6.07, 6.45) is 3.63. The third-order valence-corrected chi connectivity index (χ3v) is 6.42. The van der Waals surface area contributed by atoms with Crippen LogP contribution in [0.2, 0.25) is 0 Å². The maximum absolute atomic E-state index is 11.4. The zero-order chi connectivity index (χ0) is 19.2. The SMILES string of the molecule is CS(=O)(=O)NS(=O)(=O)C(F)(F)F.C[N+]1(CCO)CCCC1CCO. The highest BCUT2D eigenvalue weighted by atomic mass is 32.3. The summed E-state index contributed by atoms with van der Waals surface area (Å²) in [5, 5.41) is 17.8. The first-order valence-electron chi connectivity index (χ1n) is 7.04. The van der Waals surface area contributed by atoms with E-state index in [-0.39, 0.29) is 13.2 Å². The van der Waals surface area contributed by atoms with Crippen molar-refractivity contribution in [2.45, 2.75) is 30.8 Å². The number of quaternary nitrogens is 1. The molecule has 0 radical (unpaired) electrons.